The third kappa shape index (κ3) is 3.05. The quantitative estimate of drug-likeness (QED) is 0.419. The molecule has 1 N–H and O–H groups in total. The molecule has 1 aromatic carbocycles. The Morgan fingerprint density at radius 2 is 1.24 bits per heavy atom. The minimum absolute atomic E-state index is 0. The molecule has 1 aromatic rings. The van der Waals surface area contributed by atoms with Gasteiger partial charge in [0.05, 0.1) is 26.9 Å². The second-order valence-electron chi connectivity index (χ2n) is 2.60. The summed E-state index contributed by atoms with van der Waals surface area (Å²) < 4.78 is 0. The Morgan fingerprint density at radius 3 is 1.47 bits per heavy atom. The zero-order valence-corrected chi connectivity index (χ0v) is 12.5. The van der Waals surface area contributed by atoms with Gasteiger partial charge in [-0.3, -0.25) is 30.3 Å². The van der Waals surface area contributed by atoms with E-state index in [1.165, 1.54) is 0 Å². The van der Waals surface area contributed by atoms with Crippen LogP contribution in [0.4, 0.5) is 17.1 Å². The van der Waals surface area contributed by atoms with Crippen LogP contribution in [-0.4, -0.2) is 47.2 Å². The topological polar surface area (TPSA) is 150 Å². The first-order valence-corrected chi connectivity index (χ1v) is 3.64. The van der Waals surface area contributed by atoms with Crippen molar-refractivity contribution in [3.8, 4) is 5.75 Å². The van der Waals surface area contributed by atoms with Gasteiger partial charge in [-0.25, -0.2) is 0 Å². The molecule has 0 amide bonds. The van der Waals surface area contributed by atoms with E-state index in [1.807, 2.05) is 0 Å². The molecular weight excluding hydrogens is 430 g/mol. The molecule has 0 aliphatic rings. The fraction of sp³-hybridized carbons (Fsp3) is 0. The molecule has 10 nitrogen and oxygen atoms in total. The van der Waals surface area contributed by atoms with Crippen LogP contribution in [0, 0.1) is 30.3 Å². The molecule has 0 spiro atoms. The molecule has 0 heterocycles. The van der Waals surface area contributed by atoms with Gasteiger partial charge >= 0.3 is 11.4 Å². The Kier molecular flexibility index (Phi) is 4.87. The summed E-state index contributed by atoms with van der Waals surface area (Å²) in [6, 6.07) is 0.894. The number of aromatic hydroxyl groups is 1. The van der Waals surface area contributed by atoms with Crippen LogP contribution in [0.5, 0.6) is 5.75 Å². The van der Waals surface area contributed by atoms with E-state index in [9.17, 15) is 30.3 Å². The number of rotatable bonds is 3. The molecule has 11 heteroatoms. The van der Waals surface area contributed by atoms with Crippen molar-refractivity contribution in [1.82, 2.24) is 0 Å². The van der Waals surface area contributed by atoms with E-state index in [0.29, 0.717) is 12.1 Å². The number of nitro benzene ring substituents is 3. The maximum absolute atomic E-state index is 10.4. The first-order valence-electron chi connectivity index (χ1n) is 3.64. The summed E-state index contributed by atoms with van der Waals surface area (Å²) in [7, 11) is 0. The normalized spacial score (nSPS) is 9.18. The summed E-state index contributed by atoms with van der Waals surface area (Å²) in [4.78, 5) is 27.8. The van der Waals surface area contributed by atoms with Gasteiger partial charge in [-0.1, -0.05) is 0 Å². The van der Waals surface area contributed by atoms with E-state index in [4.69, 9.17) is 5.11 Å². The average molecular weight is 433 g/mol. The van der Waals surface area contributed by atoms with Crippen molar-refractivity contribution < 1.29 is 19.9 Å². The SMILES string of the molecule is O=[N+]([O-])c1cc([N+](=O)[O-])c(O)c([N+](=O)[O-])c1.[Tl]. The number of nitro groups is 3. The standard InChI is InChI=1S/C6H3N3O7.Tl/c10-6-4(8(13)14)1-3(7(11)12)2-5(6)9(15)16;/h1-2,10H;. The number of phenolic OH excluding ortho intramolecular Hbond substituents is 1. The number of hydrogen-bond donors (Lipinski definition) is 1. The van der Waals surface area contributed by atoms with Crippen molar-refractivity contribution in [2.24, 2.45) is 0 Å². The predicted molar refractivity (Wildman–Crippen MR) is 53.8 cm³/mol. The van der Waals surface area contributed by atoms with Crippen LogP contribution in [0.2, 0.25) is 0 Å². The number of hydrogen-bond acceptors (Lipinski definition) is 7. The van der Waals surface area contributed by atoms with E-state index in [0.717, 1.165) is 0 Å². The number of phenols is 1. The molecule has 87 valence electrons. The largest absolute Gasteiger partial charge is 0.497 e. The fourth-order valence-electron chi connectivity index (χ4n) is 0.974. The molecule has 0 aliphatic heterocycles. The summed E-state index contributed by atoms with van der Waals surface area (Å²) in [5.41, 5.74) is -3.00. The van der Waals surface area contributed by atoms with E-state index >= 15 is 0 Å². The third-order valence-electron chi connectivity index (χ3n) is 1.66. The maximum Gasteiger partial charge on any atom is 0.324 e. The van der Waals surface area contributed by atoms with Gasteiger partial charge in [-0.05, 0) is 0 Å². The van der Waals surface area contributed by atoms with Gasteiger partial charge in [-0.15, -0.1) is 0 Å². The molecule has 0 aromatic heterocycles. The minimum atomic E-state index is -1.21. The predicted octanol–water partition coefficient (Wildman–Crippen LogP) is 0.736. The Morgan fingerprint density at radius 1 is 0.882 bits per heavy atom. The fourth-order valence-corrected chi connectivity index (χ4v) is 0.974. The van der Waals surface area contributed by atoms with Gasteiger partial charge in [0.2, 0.25) is 0 Å². The summed E-state index contributed by atoms with van der Waals surface area (Å²) in [6.07, 6.45) is 0. The molecule has 0 bridgehead atoms. The van der Waals surface area contributed by atoms with Crippen molar-refractivity contribution in [2.45, 2.75) is 0 Å². The third-order valence-corrected chi connectivity index (χ3v) is 1.66. The van der Waals surface area contributed by atoms with Gasteiger partial charge in [0.15, 0.2) is 0 Å². The van der Waals surface area contributed by atoms with E-state index in [1.54, 1.807) is 0 Å². The molecule has 0 aliphatic carbocycles. The first-order chi connectivity index (χ1) is 7.34. The second-order valence-corrected chi connectivity index (χ2v) is 2.60. The van der Waals surface area contributed by atoms with Gasteiger partial charge in [-0.2, -0.15) is 0 Å². The second kappa shape index (κ2) is 5.46. The molecule has 17 heavy (non-hydrogen) atoms. The zero-order valence-electron chi connectivity index (χ0n) is 7.97. The molecular formula is C6H3N3O7Tl. The minimum Gasteiger partial charge on any atom is -0.497 e. The van der Waals surface area contributed by atoms with Gasteiger partial charge < -0.3 is 5.11 Å². The molecule has 0 unspecified atom stereocenters. The zero-order chi connectivity index (χ0) is 12.5. The van der Waals surface area contributed by atoms with E-state index in [2.05, 4.69) is 0 Å². The number of nitrogens with zero attached hydrogens (tertiary/aromatic N) is 3. The monoisotopic (exact) mass is 434 g/mol. The van der Waals surface area contributed by atoms with Crippen LogP contribution in [0.3, 0.4) is 0 Å². The van der Waals surface area contributed by atoms with Crippen molar-refractivity contribution in [3.05, 3.63) is 42.5 Å². The summed E-state index contributed by atoms with van der Waals surface area (Å²) >= 11 is 0. The Labute approximate surface area is 112 Å². The molecule has 0 fully saturated rings. The summed E-state index contributed by atoms with van der Waals surface area (Å²) in [6.45, 7) is 0. The smallest absolute Gasteiger partial charge is 0.324 e. The molecule has 0 atom stereocenters. The average Bonchev–Trinajstić information content (AvgIpc) is 2.16. The van der Waals surface area contributed by atoms with Crippen molar-refractivity contribution in [2.75, 3.05) is 0 Å². The molecule has 0 saturated heterocycles. The van der Waals surface area contributed by atoms with Gasteiger partial charge in [0, 0.05) is 27.3 Å². The van der Waals surface area contributed by atoms with Crippen LogP contribution in [0.25, 0.3) is 0 Å². The number of benzene rings is 1. The van der Waals surface area contributed by atoms with E-state index < -0.39 is 37.6 Å². The van der Waals surface area contributed by atoms with Crippen LogP contribution >= 0.6 is 0 Å². The molecule has 0 saturated carbocycles. The van der Waals surface area contributed by atoms with Crippen LogP contribution in [-0.2, 0) is 0 Å². The summed E-state index contributed by atoms with van der Waals surface area (Å²) in [5.74, 6) is -1.21. The Bertz CT molecular complexity index is 467. The van der Waals surface area contributed by atoms with Crippen molar-refractivity contribution in [3.63, 3.8) is 0 Å². The van der Waals surface area contributed by atoms with Crippen LogP contribution < -0.4 is 0 Å². The Balaban J connectivity index is 0.00000256. The maximum atomic E-state index is 10.4. The van der Waals surface area contributed by atoms with Crippen molar-refractivity contribution >= 4 is 44.4 Å². The summed E-state index contributed by atoms with van der Waals surface area (Å²) in [5, 5.41) is 40.2. The van der Waals surface area contributed by atoms with E-state index in [-0.39, 0.29) is 27.3 Å². The first kappa shape index (κ1) is 15.1. The molecule has 1 radical (unpaired) electrons. The number of non-ortho nitro benzene ring substituents is 1. The van der Waals surface area contributed by atoms with Gasteiger partial charge in [0.25, 0.3) is 11.4 Å². The van der Waals surface area contributed by atoms with Gasteiger partial charge in [0.1, 0.15) is 0 Å². The van der Waals surface area contributed by atoms with Crippen LogP contribution in [0.15, 0.2) is 12.1 Å². The Hall–Kier alpha value is -1.86. The van der Waals surface area contributed by atoms with Crippen LogP contribution in [0.1, 0.15) is 0 Å². The molecule has 1 rings (SSSR count). The van der Waals surface area contributed by atoms with Crippen molar-refractivity contribution in [1.29, 1.82) is 0 Å².